The van der Waals surface area contributed by atoms with Gasteiger partial charge in [0.15, 0.2) is 0 Å². The van der Waals surface area contributed by atoms with Crippen molar-refractivity contribution in [3.63, 3.8) is 0 Å². The zero-order chi connectivity index (χ0) is 8.27. The Morgan fingerprint density at radius 2 is 2.45 bits per heavy atom. The van der Waals surface area contributed by atoms with E-state index in [2.05, 4.69) is 0 Å². The van der Waals surface area contributed by atoms with E-state index in [4.69, 9.17) is 4.74 Å². The Labute approximate surface area is 71.0 Å². The lowest BCUT2D eigenvalue weighted by Crippen LogP contribution is -2.06. The molecule has 0 aromatic rings. The third-order valence-corrected chi connectivity index (χ3v) is 2.71. The lowest BCUT2D eigenvalue weighted by molar-refractivity contribution is -0.138. The van der Waals surface area contributed by atoms with E-state index in [1.165, 1.54) is 0 Å². The summed E-state index contributed by atoms with van der Waals surface area (Å²) in [6.07, 6.45) is 0.870. The number of hydrogen-bond donors (Lipinski definition) is 0. The van der Waals surface area contributed by atoms with Crippen molar-refractivity contribution in [1.29, 1.82) is 0 Å². The first-order valence-corrected chi connectivity index (χ1v) is 4.74. The van der Waals surface area contributed by atoms with Gasteiger partial charge in [0.2, 0.25) is 0 Å². The van der Waals surface area contributed by atoms with Crippen molar-refractivity contribution in [3.8, 4) is 0 Å². The molecule has 0 amide bonds. The van der Waals surface area contributed by atoms with Crippen LogP contribution in [0.25, 0.3) is 0 Å². The lowest BCUT2D eigenvalue weighted by Gasteiger charge is -2.01. The van der Waals surface area contributed by atoms with E-state index in [9.17, 15) is 4.79 Å². The summed E-state index contributed by atoms with van der Waals surface area (Å²) in [5.74, 6) is 0.898. The van der Waals surface area contributed by atoms with E-state index in [-0.39, 0.29) is 5.97 Å². The third kappa shape index (κ3) is 1.99. The summed E-state index contributed by atoms with van der Waals surface area (Å²) in [4.78, 5) is 12.3. The second kappa shape index (κ2) is 3.81. The lowest BCUT2D eigenvalue weighted by atomic mass is 10.2. The van der Waals surface area contributed by atoms with E-state index in [0.717, 1.165) is 22.7 Å². The van der Waals surface area contributed by atoms with Gasteiger partial charge in [-0.2, -0.15) is 0 Å². The van der Waals surface area contributed by atoms with E-state index in [0.29, 0.717) is 6.61 Å². The van der Waals surface area contributed by atoms with E-state index in [1.54, 1.807) is 11.8 Å². The van der Waals surface area contributed by atoms with Gasteiger partial charge in [-0.15, -0.1) is 11.8 Å². The van der Waals surface area contributed by atoms with Gasteiger partial charge in [0.1, 0.15) is 0 Å². The quantitative estimate of drug-likeness (QED) is 0.596. The van der Waals surface area contributed by atoms with Crippen LogP contribution in [-0.2, 0) is 9.53 Å². The number of esters is 1. The Kier molecular flexibility index (Phi) is 3.00. The second-order valence-corrected chi connectivity index (χ2v) is 3.66. The first kappa shape index (κ1) is 8.65. The zero-order valence-electron chi connectivity index (χ0n) is 6.85. The van der Waals surface area contributed by atoms with Gasteiger partial charge in [-0.3, -0.25) is 0 Å². The van der Waals surface area contributed by atoms with Gasteiger partial charge in [0.05, 0.1) is 6.61 Å². The molecule has 0 bridgehead atoms. The number of thioether (sulfide) groups is 1. The number of carbonyl (C=O) groups is 1. The van der Waals surface area contributed by atoms with E-state index < -0.39 is 0 Å². The number of hydrogen-bond acceptors (Lipinski definition) is 3. The number of rotatable bonds is 2. The van der Waals surface area contributed by atoms with Crippen LogP contribution in [0.1, 0.15) is 20.3 Å². The standard InChI is InChI=1S/C8H12O2S/c1-3-10-8(9)7-4-5-11-6(7)2/h3-5H2,1-2H3. The molecule has 0 fully saturated rings. The summed E-state index contributed by atoms with van der Waals surface area (Å²) in [6, 6.07) is 0. The van der Waals surface area contributed by atoms with Crippen LogP contribution in [0.15, 0.2) is 10.5 Å². The molecule has 0 aliphatic carbocycles. The van der Waals surface area contributed by atoms with Gasteiger partial charge in [0.25, 0.3) is 0 Å². The fourth-order valence-corrected chi connectivity index (χ4v) is 2.01. The van der Waals surface area contributed by atoms with Crippen molar-refractivity contribution in [2.75, 3.05) is 12.4 Å². The highest BCUT2D eigenvalue weighted by Crippen LogP contribution is 2.31. The molecule has 3 heteroatoms. The first-order valence-electron chi connectivity index (χ1n) is 3.75. The van der Waals surface area contributed by atoms with Gasteiger partial charge in [-0.05, 0) is 25.2 Å². The van der Waals surface area contributed by atoms with Crippen LogP contribution in [0.3, 0.4) is 0 Å². The van der Waals surface area contributed by atoms with Crippen LogP contribution in [0, 0.1) is 0 Å². The summed E-state index contributed by atoms with van der Waals surface area (Å²) >= 11 is 1.74. The fourth-order valence-electron chi connectivity index (χ4n) is 1.03. The maximum Gasteiger partial charge on any atom is 0.334 e. The predicted octanol–water partition coefficient (Wildman–Crippen LogP) is 1.96. The molecule has 1 aliphatic rings. The molecule has 0 radical (unpaired) electrons. The van der Waals surface area contributed by atoms with Gasteiger partial charge in [-0.1, -0.05) is 0 Å². The summed E-state index contributed by atoms with van der Waals surface area (Å²) in [5.41, 5.74) is 0.872. The van der Waals surface area contributed by atoms with Crippen LogP contribution in [-0.4, -0.2) is 18.3 Å². The smallest absolute Gasteiger partial charge is 0.334 e. The molecule has 1 heterocycles. The molecule has 0 unspecified atom stereocenters. The number of allylic oxidation sites excluding steroid dienone is 1. The highest BCUT2D eigenvalue weighted by atomic mass is 32.2. The van der Waals surface area contributed by atoms with Gasteiger partial charge >= 0.3 is 5.97 Å². The molecule has 1 aliphatic heterocycles. The molecule has 0 saturated heterocycles. The highest BCUT2D eigenvalue weighted by Gasteiger charge is 2.18. The minimum atomic E-state index is -0.130. The zero-order valence-corrected chi connectivity index (χ0v) is 7.66. The summed E-state index contributed by atoms with van der Waals surface area (Å²) in [6.45, 7) is 4.28. The third-order valence-electron chi connectivity index (χ3n) is 1.62. The highest BCUT2D eigenvalue weighted by molar-refractivity contribution is 8.03. The molecule has 1 rings (SSSR count). The Bertz CT molecular complexity index is 196. The molecule has 11 heavy (non-hydrogen) atoms. The van der Waals surface area contributed by atoms with Gasteiger partial charge < -0.3 is 4.74 Å². The fraction of sp³-hybridized carbons (Fsp3) is 0.625. The molecular weight excluding hydrogens is 160 g/mol. The Balaban J connectivity index is 2.59. The first-order chi connectivity index (χ1) is 5.25. The van der Waals surface area contributed by atoms with E-state index in [1.807, 2.05) is 13.8 Å². The largest absolute Gasteiger partial charge is 0.463 e. The molecule has 0 N–H and O–H groups in total. The van der Waals surface area contributed by atoms with Crippen molar-refractivity contribution in [3.05, 3.63) is 10.5 Å². The Morgan fingerprint density at radius 3 is 2.91 bits per heavy atom. The van der Waals surface area contributed by atoms with Crippen molar-refractivity contribution in [2.45, 2.75) is 20.3 Å². The van der Waals surface area contributed by atoms with Gasteiger partial charge in [-0.25, -0.2) is 4.79 Å². The van der Waals surface area contributed by atoms with Gasteiger partial charge in [0, 0.05) is 11.3 Å². The van der Waals surface area contributed by atoms with Crippen molar-refractivity contribution in [2.24, 2.45) is 0 Å². The van der Waals surface area contributed by atoms with Crippen LogP contribution < -0.4 is 0 Å². The SMILES string of the molecule is CCOC(=O)C1=C(C)SCC1. The number of carbonyl (C=O) groups excluding carboxylic acids is 1. The Morgan fingerprint density at radius 1 is 1.73 bits per heavy atom. The summed E-state index contributed by atoms with van der Waals surface area (Å²) < 4.78 is 4.89. The average Bonchev–Trinajstić information content (AvgIpc) is 2.36. The monoisotopic (exact) mass is 172 g/mol. The summed E-state index contributed by atoms with van der Waals surface area (Å²) in [7, 11) is 0. The second-order valence-electron chi connectivity index (χ2n) is 2.35. The molecule has 0 aromatic heterocycles. The maximum atomic E-state index is 11.2. The van der Waals surface area contributed by atoms with Crippen molar-refractivity contribution in [1.82, 2.24) is 0 Å². The molecule has 0 atom stereocenters. The summed E-state index contributed by atoms with van der Waals surface area (Å²) in [5, 5.41) is 0. The van der Waals surface area contributed by atoms with Crippen LogP contribution in [0.5, 0.6) is 0 Å². The molecule has 0 spiro atoms. The Hall–Kier alpha value is -0.440. The minimum absolute atomic E-state index is 0.130. The molecular formula is C8H12O2S. The van der Waals surface area contributed by atoms with E-state index >= 15 is 0 Å². The van der Waals surface area contributed by atoms with Crippen LogP contribution >= 0.6 is 11.8 Å². The van der Waals surface area contributed by atoms with Crippen molar-refractivity contribution < 1.29 is 9.53 Å². The van der Waals surface area contributed by atoms with Crippen molar-refractivity contribution >= 4 is 17.7 Å². The number of ether oxygens (including phenoxy) is 1. The topological polar surface area (TPSA) is 26.3 Å². The molecule has 0 saturated carbocycles. The molecule has 2 nitrogen and oxygen atoms in total. The maximum absolute atomic E-state index is 11.2. The molecule has 0 aromatic carbocycles. The predicted molar refractivity (Wildman–Crippen MR) is 46.4 cm³/mol. The normalized spacial score (nSPS) is 17.3. The average molecular weight is 172 g/mol. The van der Waals surface area contributed by atoms with Crippen LogP contribution in [0.2, 0.25) is 0 Å². The van der Waals surface area contributed by atoms with Crippen LogP contribution in [0.4, 0.5) is 0 Å². The minimum Gasteiger partial charge on any atom is -0.463 e. The molecule has 62 valence electrons.